The fourth-order valence-electron chi connectivity index (χ4n) is 1.31. The van der Waals surface area contributed by atoms with Crippen LogP contribution in [0.25, 0.3) is 11.3 Å². The zero-order valence-corrected chi connectivity index (χ0v) is 9.20. The molecule has 0 aliphatic rings. The molecule has 0 unspecified atom stereocenters. The number of nitrogens with one attached hydrogen (secondary N) is 1. The van der Waals surface area contributed by atoms with E-state index in [0.29, 0.717) is 20.8 Å². The fourth-order valence-corrected chi connectivity index (χ4v) is 1.65. The average molecular weight is 240 g/mol. The van der Waals surface area contributed by atoms with Crippen molar-refractivity contribution in [3.63, 3.8) is 0 Å². The SMILES string of the molecule is Fc1cc(Cl)ccc1-c1cc(=S)cc[nH]1. The van der Waals surface area contributed by atoms with E-state index in [1.165, 1.54) is 6.07 Å². The van der Waals surface area contributed by atoms with Crippen LogP contribution in [0.15, 0.2) is 36.5 Å². The molecule has 0 aliphatic heterocycles. The molecule has 0 fully saturated rings. The van der Waals surface area contributed by atoms with Crippen LogP contribution in [0, 0.1) is 10.3 Å². The van der Waals surface area contributed by atoms with E-state index in [9.17, 15) is 4.39 Å². The Hall–Kier alpha value is -1.19. The Balaban J connectivity index is 2.59. The van der Waals surface area contributed by atoms with Gasteiger partial charge in [0, 0.05) is 27.0 Å². The number of hydrogen-bond acceptors (Lipinski definition) is 1. The zero-order chi connectivity index (χ0) is 10.8. The van der Waals surface area contributed by atoms with E-state index < -0.39 is 0 Å². The van der Waals surface area contributed by atoms with Gasteiger partial charge in [0.15, 0.2) is 0 Å². The van der Waals surface area contributed by atoms with Crippen molar-refractivity contribution in [3.8, 4) is 11.3 Å². The predicted octanol–water partition coefficient (Wildman–Crippen LogP) is 4.20. The molecule has 0 saturated heterocycles. The summed E-state index contributed by atoms with van der Waals surface area (Å²) in [6, 6.07) is 8.00. The fraction of sp³-hybridized carbons (Fsp3) is 0. The molecule has 0 aliphatic carbocycles. The van der Waals surface area contributed by atoms with Crippen molar-refractivity contribution in [2.45, 2.75) is 0 Å². The first-order valence-corrected chi connectivity index (χ1v) is 5.09. The molecule has 1 aromatic heterocycles. The highest BCUT2D eigenvalue weighted by Crippen LogP contribution is 2.23. The summed E-state index contributed by atoms with van der Waals surface area (Å²) < 4.78 is 14.2. The first-order valence-electron chi connectivity index (χ1n) is 4.31. The Morgan fingerprint density at radius 2 is 2.00 bits per heavy atom. The van der Waals surface area contributed by atoms with E-state index in [4.69, 9.17) is 23.8 Å². The lowest BCUT2D eigenvalue weighted by molar-refractivity contribution is 0.631. The van der Waals surface area contributed by atoms with E-state index in [0.717, 1.165) is 0 Å². The molecule has 0 saturated carbocycles. The summed E-state index contributed by atoms with van der Waals surface area (Å²) >= 11 is 10.7. The predicted molar refractivity (Wildman–Crippen MR) is 62.0 cm³/mol. The van der Waals surface area contributed by atoms with E-state index >= 15 is 0 Å². The molecular weight excluding hydrogens is 233 g/mol. The smallest absolute Gasteiger partial charge is 0.133 e. The van der Waals surface area contributed by atoms with E-state index in [-0.39, 0.29) is 5.82 Å². The Labute approximate surface area is 96.5 Å². The van der Waals surface area contributed by atoms with Gasteiger partial charge in [0.05, 0.1) is 0 Å². The van der Waals surface area contributed by atoms with Crippen molar-refractivity contribution in [3.05, 3.63) is 51.9 Å². The third-order valence-corrected chi connectivity index (χ3v) is 2.48. The standard InChI is InChI=1S/C11H7ClFNS/c12-7-1-2-9(10(13)5-7)11-6-8(15)3-4-14-11/h1-6H,(H,14,15). The molecule has 2 aromatic rings. The van der Waals surface area contributed by atoms with Crippen molar-refractivity contribution in [1.29, 1.82) is 0 Å². The molecule has 0 spiro atoms. The maximum atomic E-state index is 13.5. The quantitative estimate of drug-likeness (QED) is 0.738. The highest BCUT2D eigenvalue weighted by molar-refractivity contribution is 7.71. The minimum Gasteiger partial charge on any atom is -0.361 e. The summed E-state index contributed by atoms with van der Waals surface area (Å²) in [6.07, 6.45) is 1.69. The number of benzene rings is 1. The second-order valence-corrected chi connectivity index (χ2v) is 3.97. The van der Waals surface area contributed by atoms with Crippen LogP contribution in [-0.2, 0) is 0 Å². The molecule has 0 amide bonds. The molecule has 15 heavy (non-hydrogen) atoms. The topological polar surface area (TPSA) is 15.8 Å². The molecule has 0 atom stereocenters. The number of halogens is 2. The van der Waals surface area contributed by atoms with Crippen LogP contribution in [-0.4, -0.2) is 4.98 Å². The third-order valence-electron chi connectivity index (χ3n) is 1.99. The van der Waals surface area contributed by atoms with Gasteiger partial charge < -0.3 is 4.98 Å². The van der Waals surface area contributed by atoms with Gasteiger partial charge in [-0.25, -0.2) is 4.39 Å². The Morgan fingerprint density at radius 3 is 2.67 bits per heavy atom. The van der Waals surface area contributed by atoms with Gasteiger partial charge in [-0.1, -0.05) is 23.8 Å². The first kappa shape index (κ1) is 10.3. The Kier molecular flexibility index (Phi) is 2.84. The number of pyridine rings is 1. The number of rotatable bonds is 1. The molecule has 2 rings (SSSR count). The second-order valence-electron chi connectivity index (χ2n) is 3.06. The van der Waals surface area contributed by atoms with Gasteiger partial charge in [0.25, 0.3) is 0 Å². The minimum absolute atomic E-state index is 0.362. The summed E-state index contributed by atoms with van der Waals surface area (Å²) in [7, 11) is 0. The van der Waals surface area contributed by atoms with Gasteiger partial charge in [0.1, 0.15) is 5.82 Å². The first-order chi connectivity index (χ1) is 7.16. The minimum atomic E-state index is -0.362. The van der Waals surface area contributed by atoms with Crippen LogP contribution in [0.2, 0.25) is 5.02 Å². The summed E-state index contributed by atoms with van der Waals surface area (Å²) in [5.74, 6) is -0.362. The molecular formula is C11H7ClFNS. The molecule has 0 radical (unpaired) electrons. The lowest BCUT2D eigenvalue weighted by atomic mass is 10.1. The van der Waals surface area contributed by atoms with Crippen LogP contribution in [0.1, 0.15) is 0 Å². The summed E-state index contributed by atoms with van der Waals surface area (Å²) in [6.45, 7) is 0. The Morgan fingerprint density at radius 1 is 1.20 bits per heavy atom. The van der Waals surface area contributed by atoms with Gasteiger partial charge in [-0.15, -0.1) is 0 Å². The van der Waals surface area contributed by atoms with Gasteiger partial charge in [0.2, 0.25) is 0 Å². The molecule has 1 nitrogen and oxygen atoms in total. The van der Waals surface area contributed by atoms with Crippen molar-refractivity contribution in [2.75, 3.05) is 0 Å². The Bertz CT molecular complexity index is 550. The maximum Gasteiger partial charge on any atom is 0.133 e. The second kappa shape index (κ2) is 4.13. The van der Waals surface area contributed by atoms with Crippen molar-refractivity contribution < 1.29 is 4.39 Å². The lowest BCUT2D eigenvalue weighted by Crippen LogP contribution is -1.87. The molecule has 4 heteroatoms. The van der Waals surface area contributed by atoms with Crippen LogP contribution in [0.5, 0.6) is 0 Å². The van der Waals surface area contributed by atoms with Crippen LogP contribution in [0.4, 0.5) is 4.39 Å². The van der Waals surface area contributed by atoms with Crippen LogP contribution >= 0.6 is 23.8 Å². The van der Waals surface area contributed by atoms with Crippen LogP contribution < -0.4 is 0 Å². The maximum absolute atomic E-state index is 13.5. The van der Waals surface area contributed by atoms with Gasteiger partial charge in [-0.2, -0.15) is 0 Å². The molecule has 1 aromatic carbocycles. The normalized spacial score (nSPS) is 10.3. The van der Waals surface area contributed by atoms with Crippen molar-refractivity contribution in [2.24, 2.45) is 0 Å². The third kappa shape index (κ3) is 2.25. The number of H-pyrrole nitrogens is 1. The van der Waals surface area contributed by atoms with E-state index in [1.54, 1.807) is 30.5 Å². The van der Waals surface area contributed by atoms with Gasteiger partial charge >= 0.3 is 0 Å². The van der Waals surface area contributed by atoms with E-state index in [1.807, 2.05) is 0 Å². The van der Waals surface area contributed by atoms with Gasteiger partial charge in [-0.3, -0.25) is 0 Å². The summed E-state index contributed by atoms with van der Waals surface area (Å²) in [5, 5.41) is 0.380. The number of hydrogen-bond donors (Lipinski definition) is 1. The number of aromatic amines is 1. The van der Waals surface area contributed by atoms with Crippen molar-refractivity contribution in [1.82, 2.24) is 4.98 Å². The van der Waals surface area contributed by atoms with Crippen molar-refractivity contribution >= 4 is 23.8 Å². The molecule has 76 valence electrons. The molecule has 1 heterocycles. The highest BCUT2D eigenvalue weighted by atomic mass is 35.5. The van der Waals surface area contributed by atoms with E-state index in [2.05, 4.69) is 4.98 Å². The summed E-state index contributed by atoms with van der Waals surface area (Å²) in [4.78, 5) is 2.94. The largest absolute Gasteiger partial charge is 0.361 e. The lowest BCUT2D eigenvalue weighted by Gasteiger charge is -2.03. The monoisotopic (exact) mass is 239 g/mol. The number of aromatic nitrogens is 1. The summed E-state index contributed by atoms with van der Waals surface area (Å²) in [5.41, 5.74) is 1.11. The van der Waals surface area contributed by atoms with Gasteiger partial charge in [-0.05, 0) is 30.3 Å². The molecule has 1 N–H and O–H groups in total. The van der Waals surface area contributed by atoms with Crippen LogP contribution in [0.3, 0.4) is 0 Å². The zero-order valence-electron chi connectivity index (χ0n) is 7.63. The molecule has 0 bridgehead atoms. The highest BCUT2D eigenvalue weighted by Gasteiger charge is 2.05. The average Bonchev–Trinajstić information content (AvgIpc) is 2.17.